The summed E-state index contributed by atoms with van der Waals surface area (Å²) in [6, 6.07) is 6.09. The number of hydrogen-bond acceptors (Lipinski definition) is 6. The second-order valence-corrected chi connectivity index (χ2v) is 4.31. The molecular weight excluding hydrogens is 260 g/mol. The molecule has 0 aliphatic rings. The summed E-state index contributed by atoms with van der Waals surface area (Å²) < 4.78 is 4.76. The molecule has 0 amide bonds. The fourth-order valence-electron chi connectivity index (χ4n) is 1.52. The van der Waals surface area contributed by atoms with Crippen LogP contribution < -0.4 is 0 Å². The first-order chi connectivity index (χ1) is 9.36. The van der Waals surface area contributed by atoms with Gasteiger partial charge < -0.3 is 15.3 Å². The zero-order chi connectivity index (χ0) is 15.3. The van der Waals surface area contributed by atoms with Gasteiger partial charge in [-0.05, 0) is 26.0 Å². The van der Waals surface area contributed by atoms with E-state index in [9.17, 15) is 14.7 Å². The molecule has 0 unspecified atom stereocenters. The third kappa shape index (κ3) is 3.65. The summed E-state index contributed by atoms with van der Waals surface area (Å²) in [5, 5.41) is 25.5. The van der Waals surface area contributed by atoms with Crippen LogP contribution in [0, 0.1) is 29.6 Å². The van der Waals surface area contributed by atoms with Gasteiger partial charge in [0.25, 0.3) is 0 Å². The van der Waals surface area contributed by atoms with Crippen molar-refractivity contribution in [3.8, 4) is 11.8 Å². The van der Waals surface area contributed by atoms with Gasteiger partial charge in [0, 0.05) is 5.71 Å². The minimum atomic E-state index is -1.21. The van der Waals surface area contributed by atoms with Crippen molar-refractivity contribution in [1.29, 1.82) is 10.7 Å². The van der Waals surface area contributed by atoms with Crippen LogP contribution in [0.4, 0.5) is 0 Å². The number of carbonyl (C=O) groups excluding carboxylic acids is 2. The van der Waals surface area contributed by atoms with Crippen LogP contribution >= 0.6 is 0 Å². The van der Waals surface area contributed by atoms with E-state index < -0.39 is 24.3 Å². The molecule has 20 heavy (non-hydrogen) atoms. The van der Waals surface area contributed by atoms with E-state index in [1.54, 1.807) is 19.1 Å². The fourth-order valence-corrected chi connectivity index (χ4v) is 1.52. The van der Waals surface area contributed by atoms with Crippen molar-refractivity contribution in [2.75, 3.05) is 6.61 Å². The Morgan fingerprint density at radius 2 is 2.15 bits per heavy atom. The highest BCUT2D eigenvalue weighted by Gasteiger charge is 2.22. The van der Waals surface area contributed by atoms with Gasteiger partial charge in [-0.15, -0.1) is 0 Å². The summed E-state index contributed by atoms with van der Waals surface area (Å²) in [4.78, 5) is 23.3. The number of phenols is 1. The molecule has 0 fully saturated rings. The summed E-state index contributed by atoms with van der Waals surface area (Å²) in [6.45, 7) is 2.46. The van der Waals surface area contributed by atoms with Gasteiger partial charge in [-0.2, -0.15) is 5.26 Å². The maximum Gasteiger partial charge on any atom is 0.342 e. The lowest BCUT2D eigenvalue weighted by atomic mass is 10.0. The first-order valence-electron chi connectivity index (χ1n) is 5.81. The Balaban J connectivity index is 2.73. The Hall–Kier alpha value is -2.68. The summed E-state index contributed by atoms with van der Waals surface area (Å²) >= 11 is 0. The van der Waals surface area contributed by atoms with Crippen LogP contribution in [0.5, 0.6) is 5.75 Å². The molecule has 1 aromatic carbocycles. The van der Waals surface area contributed by atoms with Crippen molar-refractivity contribution >= 4 is 17.5 Å². The Labute approximate surface area is 116 Å². The molecule has 0 saturated heterocycles. The molecule has 0 aliphatic heterocycles. The number of benzene rings is 1. The quantitative estimate of drug-likeness (QED) is 0.625. The predicted molar refractivity (Wildman–Crippen MR) is 70.6 cm³/mol. The number of aromatic hydroxyl groups is 1. The van der Waals surface area contributed by atoms with Crippen LogP contribution in [0.15, 0.2) is 18.2 Å². The molecule has 2 N–H and O–H groups in total. The van der Waals surface area contributed by atoms with E-state index in [2.05, 4.69) is 0 Å². The van der Waals surface area contributed by atoms with Crippen LogP contribution in [0.25, 0.3) is 0 Å². The third-order valence-corrected chi connectivity index (χ3v) is 2.60. The number of nitrogens with zero attached hydrogens (tertiary/aromatic N) is 1. The number of nitriles is 1. The topological polar surface area (TPSA) is 111 Å². The maximum absolute atomic E-state index is 11.7. The molecule has 0 aromatic heterocycles. The monoisotopic (exact) mass is 274 g/mol. The number of aryl methyl sites for hydroxylation is 1. The molecule has 0 aliphatic carbocycles. The largest absolute Gasteiger partial charge is 0.507 e. The number of hydrogen-bond donors (Lipinski definition) is 2. The lowest BCUT2D eigenvalue weighted by Crippen LogP contribution is -2.25. The highest BCUT2D eigenvalue weighted by atomic mass is 16.5. The maximum atomic E-state index is 11.7. The van der Waals surface area contributed by atoms with Crippen LogP contribution in [-0.2, 0) is 9.53 Å². The van der Waals surface area contributed by atoms with Gasteiger partial charge in [0.15, 0.2) is 12.4 Å². The van der Waals surface area contributed by atoms with Crippen molar-refractivity contribution in [3.05, 3.63) is 29.3 Å². The van der Waals surface area contributed by atoms with Crippen LogP contribution in [0.2, 0.25) is 0 Å². The van der Waals surface area contributed by atoms with E-state index in [0.29, 0.717) is 0 Å². The molecule has 0 saturated carbocycles. The number of ketones is 1. The van der Waals surface area contributed by atoms with Gasteiger partial charge in [-0.1, -0.05) is 11.6 Å². The van der Waals surface area contributed by atoms with Gasteiger partial charge in [0.05, 0.1) is 6.07 Å². The lowest BCUT2D eigenvalue weighted by Gasteiger charge is -2.08. The molecule has 1 rings (SSSR count). The third-order valence-electron chi connectivity index (χ3n) is 2.60. The van der Waals surface area contributed by atoms with Gasteiger partial charge in [0.1, 0.15) is 17.2 Å². The number of carbonyl (C=O) groups is 2. The Morgan fingerprint density at radius 1 is 1.50 bits per heavy atom. The SMILES string of the molecule is CC(=N)[C@H](C#N)C(=O)COC(=O)c1cc(C)ccc1O. The van der Waals surface area contributed by atoms with Crippen LogP contribution in [-0.4, -0.2) is 29.2 Å². The first kappa shape index (κ1) is 15.4. The molecule has 6 heteroatoms. The van der Waals surface area contributed by atoms with Gasteiger partial charge in [-0.3, -0.25) is 4.79 Å². The number of Topliss-reactive ketones (excluding diaryl/α,β-unsaturated/α-hetero) is 1. The Morgan fingerprint density at radius 3 is 2.70 bits per heavy atom. The Kier molecular flexibility index (Phi) is 4.98. The van der Waals surface area contributed by atoms with E-state index in [0.717, 1.165) is 5.56 Å². The van der Waals surface area contributed by atoms with E-state index >= 15 is 0 Å². The smallest absolute Gasteiger partial charge is 0.342 e. The van der Waals surface area contributed by atoms with Crippen molar-refractivity contribution in [1.82, 2.24) is 0 Å². The van der Waals surface area contributed by atoms with Crippen molar-refractivity contribution < 1.29 is 19.4 Å². The average molecular weight is 274 g/mol. The van der Waals surface area contributed by atoms with Crippen LogP contribution in [0.3, 0.4) is 0 Å². The number of rotatable bonds is 5. The second-order valence-electron chi connectivity index (χ2n) is 4.31. The molecule has 1 atom stereocenters. The van der Waals surface area contributed by atoms with Crippen molar-refractivity contribution in [2.24, 2.45) is 5.92 Å². The first-order valence-corrected chi connectivity index (χ1v) is 5.81. The molecular formula is C14H14N2O4. The zero-order valence-corrected chi connectivity index (χ0v) is 11.1. The van der Waals surface area contributed by atoms with Crippen LogP contribution in [0.1, 0.15) is 22.8 Å². The molecule has 0 heterocycles. The van der Waals surface area contributed by atoms with E-state index in [1.807, 2.05) is 0 Å². The predicted octanol–water partition coefficient (Wildman–Crippen LogP) is 1.61. The van der Waals surface area contributed by atoms with E-state index in [-0.39, 0.29) is 17.0 Å². The fraction of sp³-hybridized carbons (Fsp3) is 0.286. The lowest BCUT2D eigenvalue weighted by molar-refractivity contribution is -0.122. The summed E-state index contributed by atoms with van der Waals surface area (Å²) in [7, 11) is 0. The van der Waals surface area contributed by atoms with Crippen molar-refractivity contribution in [3.63, 3.8) is 0 Å². The number of nitrogens with one attached hydrogen (secondary N) is 1. The number of ether oxygens (including phenoxy) is 1. The number of esters is 1. The minimum absolute atomic E-state index is 0.0436. The zero-order valence-electron chi connectivity index (χ0n) is 11.1. The molecule has 0 bridgehead atoms. The molecule has 1 aromatic rings. The normalized spacial score (nSPS) is 11.2. The van der Waals surface area contributed by atoms with Crippen molar-refractivity contribution in [2.45, 2.75) is 13.8 Å². The molecule has 0 spiro atoms. The molecule has 6 nitrogen and oxygen atoms in total. The highest BCUT2D eigenvalue weighted by molar-refractivity contribution is 6.06. The minimum Gasteiger partial charge on any atom is -0.507 e. The highest BCUT2D eigenvalue weighted by Crippen LogP contribution is 2.19. The molecule has 104 valence electrons. The van der Waals surface area contributed by atoms with Gasteiger partial charge in [-0.25, -0.2) is 4.79 Å². The van der Waals surface area contributed by atoms with Gasteiger partial charge in [0.2, 0.25) is 0 Å². The van der Waals surface area contributed by atoms with E-state index in [1.165, 1.54) is 19.1 Å². The number of phenolic OH excluding ortho intramolecular Hbond substituents is 1. The second kappa shape index (κ2) is 6.48. The summed E-state index contributed by atoms with van der Waals surface area (Å²) in [6.07, 6.45) is 0. The van der Waals surface area contributed by atoms with E-state index in [4.69, 9.17) is 15.4 Å². The summed E-state index contributed by atoms with van der Waals surface area (Å²) in [5.74, 6) is -2.97. The standard InChI is InChI=1S/C14H14N2O4/c1-8-3-4-12(17)10(5-8)14(19)20-7-13(18)11(6-15)9(2)16/h3-5,11,16-17H,7H2,1-2H3/t11-/m0/s1. The molecule has 0 radical (unpaired) electrons. The van der Waals surface area contributed by atoms with Gasteiger partial charge >= 0.3 is 5.97 Å². The summed E-state index contributed by atoms with van der Waals surface area (Å²) in [5.41, 5.74) is 0.608. The Bertz CT molecular complexity index is 602. The average Bonchev–Trinajstić information content (AvgIpc) is 2.39.